The smallest absolute Gasteiger partial charge is 0.0535 e. The SMILES string of the molecule is CN(C)C1C=CC=C1c1ccccc1P(c1ccccc1)c1ccccc1. The summed E-state index contributed by atoms with van der Waals surface area (Å²) in [5, 5.41) is 4.20. The largest absolute Gasteiger partial charge is 0.299 e. The van der Waals surface area contributed by atoms with Crippen molar-refractivity contribution in [3.63, 3.8) is 0 Å². The van der Waals surface area contributed by atoms with Crippen LogP contribution in [0.2, 0.25) is 0 Å². The van der Waals surface area contributed by atoms with Gasteiger partial charge in [-0.3, -0.25) is 4.90 Å². The van der Waals surface area contributed by atoms with Crippen molar-refractivity contribution < 1.29 is 0 Å². The fourth-order valence-corrected chi connectivity index (χ4v) is 6.13. The van der Waals surface area contributed by atoms with Gasteiger partial charge in [-0.2, -0.15) is 0 Å². The summed E-state index contributed by atoms with van der Waals surface area (Å²) < 4.78 is 0. The first-order chi connectivity index (χ1) is 13.3. The molecule has 0 aliphatic heterocycles. The Morgan fingerprint density at radius 3 is 1.85 bits per heavy atom. The van der Waals surface area contributed by atoms with Crippen LogP contribution >= 0.6 is 7.92 Å². The van der Waals surface area contributed by atoms with E-state index in [0.29, 0.717) is 6.04 Å². The lowest BCUT2D eigenvalue weighted by atomic mass is 10.0. The van der Waals surface area contributed by atoms with E-state index in [1.807, 2.05) is 0 Å². The standard InChI is InChI=1S/C25H24NP/c1-26(2)24-18-11-17-22(24)23-16-9-10-19-25(23)27(20-12-5-3-6-13-20)21-14-7-4-8-15-21/h3-19,24H,1-2H3. The molecular weight excluding hydrogens is 345 g/mol. The maximum absolute atomic E-state index is 2.31. The molecule has 27 heavy (non-hydrogen) atoms. The van der Waals surface area contributed by atoms with Crippen molar-refractivity contribution in [1.29, 1.82) is 0 Å². The summed E-state index contributed by atoms with van der Waals surface area (Å²) in [6.07, 6.45) is 6.73. The molecule has 1 unspecified atom stereocenters. The van der Waals surface area contributed by atoms with E-state index in [1.165, 1.54) is 27.1 Å². The number of allylic oxidation sites excluding steroid dienone is 2. The highest BCUT2D eigenvalue weighted by Crippen LogP contribution is 2.37. The summed E-state index contributed by atoms with van der Waals surface area (Å²) >= 11 is 0. The maximum Gasteiger partial charge on any atom is 0.0535 e. The average Bonchev–Trinajstić information content (AvgIpc) is 3.20. The Balaban J connectivity index is 1.88. The molecule has 0 bridgehead atoms. The van der Waals surface area contributed by atoms with E-state index in [-0.39, 0.29) is 0 Å². The zero-order valence-corrected chi connectivity index (χ0v) is 16.7. The minimum Gasteiger partial charge on any atom is -0.299 e. The van der Waals surface area contributed by atoms with E-state index in [2.05, 4.69) is 122 Å². The minimum atomic E-state index is -0.608. The average molecular weight is 369 g/mol. The van der Waals surface area contributed by atoms with Crippen molar-refractivity contribution in [2.75, 3.05) is 14.1 Å². The molecule has 3 aromatic rings. The molecule has 0 amide bonds. The molecule has 2 heteroatoms. The van der Waals surface area contributed by atoms with Crippen LogP contribution in [-0.2, 0) is 0 Å². The van der Waals surface area contributed by atoms with Crippen LogP contribution in [0.4, 0.5) is 0 Å². The topological polar surface area (TPSA) is 3.24 Å². The number of likely N-dealkylation sites (N-methyl/N-ethyl adjacent to an activating group) is 1. The van der Waals surface area contributed by atoms with Gasteiger partial charge in [0.25, 0.3) is 0 Å². The third-order valence-electron chi connectivity index (χ3n) is 4.93. The Bertz CT molecular complexity index is 918. The van der Waals surface area contributed by atoms with Gasteiger partial charge in [0.15, 0.2) is 0 Å². The summed E-state index contributed by atoms with van der Waals surface area (Å²) in [4.78, 5) is 2.28. The molecule has 0 saturated heterocycles. The second kappa shape index (κ2) is 8.05. The molecule has 0 fully saturated rings. The lowest BCUT2D eigenvalue weighted by molar-refractivity contribution is 0.402. The van der Waals surface area contributed by atoms with Crippen LogP contribution in [-0.4, -0.2) is 25.0 Å². The monoisotopic (exact) mass is 369 g/mol. The predicted molar refractivity (Wildman–Crippen MR) is 120 cm³/mol. The lowest BCUT2D eigenvalue weighted by Crippen LogP contribution is -2.29. The molecule has 134 valence electrons. The van der Waals surface area contributed by atoms with E-state index < -0.39 is 7.92 Å². The zero-order valence-electron chi connectivity index (χ0n) is 15.8. The van der Waals surface area contributed by atoms with E-state index >= 15 is 0 Å². The molecule has 0 spiro atoms. The maximum atomic E-state index is 2.31. The van der Waals surface area contributed by atoms with Gasteiger partial charge >= 0.3 is 0 Å². The van der Waals surface area contributed by atoms with Crippen LogP contribution < -0.4 is 15.9 Å². The first-order valence-corrected chi connectivity index (χ1v) is 10.6. The molecule has 1 nitrogen and oxygen atoms in total. The van der Waals surface area contributed by atoms with Crippen LogP contribution in [0.15, 0.2) is 103 Å². The van der Waals surface area contributed by atoms with Crippen LogP contribution in [0.3, 0.4) is 0 Å². The molecule has 0 heterocycles. The minimum absolute atomic E-state index is 0.328. The first-order valence-electron chi connectivity index (χ1n) is 9.30. The van der Waals surface area contributed by atoms with Crippen molar-refractivity contribution in [2.24, 2.45) is 0 Å². The van der Waals surface area contributed by atoms with Crippen molar-refractivity contribution >= 4 is 29.4 Å². The Labute approximate surface area is 163 Å². The molecule has 1 atom stereocenters. The summed E-state index contributed by atoms with van der Waals surface area (Å²) in [6.45, 7) is 0. The molecule has 0 N–H and O–H groups in total. The van der Waals surface area contributed by atoms with Crippen molar-refractivity contribution in [3.8, 4) is 0 Å². The summed E-state index contributed by atoms with van der Waals surface area (Å²) in [6, 6.07) is 31.1. The Morgan fingerprint density at radius 2 is 1.26 bits per heavy atom. The predicted octanol–water partition coefficient (Wildman–Crippen LogP) is 4.33. The zero-order chi connectivity index (χ0) is 18.6. The molecule has 0 saturated carbocycles. The molecule has 4 rings (SSSR count). The lowest BCUT2D eigenvalue weighted by Gasteiger charge is -2.27. The number of rotatable bonds is 5. The van der Waals surface area contributed by atoms with Gasteiger partial charge < -0.3 is 0 Å². The van der Waals surface area contributed by atoms with Gasteiger partial charge in [-0.1, -0.05) is 103 Å². The highest BCUT2D eigenvalue weighted by atomic mass is 31.1. The van der Waals surface area contributed by atoms with Gasteiger partial charge in [0.2, 0.25) is 0 Å². The number of benzene rings is 3. The second-order valence-electron chi connectivity index (χ2n) is 6.94. The van der Waals surface area contributed by atoms with Gasteiger partial charge in [0.05, 0.1) is 6.04 Å². The molecule has 0 aromatic heterocycles. The van der Waals surface area contributed by atoms with E-state index in [9.17, 15) is 0 Å². The first kappa shape index (κ1) is 17.9. The van der Waals surface area contributed by atoms with Crippen LogP contribution in [0.25, 0.3) is 5.57 Å². The molecular formula is C25H24NP. The van der Waals surface area contributed by atoms with Gasteiger partial charge in [-0.15, -0.1) is 0 Å². The van der Waals surface area contributed by atoms with Gasteiger partial charge in [0.1, 0.15) is 0 Å². The highest BCUT2D eigenvalue weighted by molar-refractivity contribution is 7.80. The molecule has 1 aliphatic carbocycles. The third-order valence-corrected chi connectivity index (χ3v) is 7.43. The number of nitrogens with zero attached hydrogens (tertiary/aromatic N) is 1. The third kappa shape index (κ3) is 3.67. The Kier molecular flexibility index (Phi) is 5.34. The molecule has 3 aromatic carbocycles. The molecule has 1 aliphatic rings. The number of hydrogen-bond donors (Lipinski definition) is 0. The normalized spacial score (nSPS) is 16.1. The molecule has 0 radical (unpaired) electrons. The summed E-state index contributed by atoms with van der Waals surface area (Å²) in [5.74, 6) is 0. The number of hydrogen-bond acceptors (Lipinski definition) is 1. The van der Waals surface area contributed by atoms with Gasteiger partial charge in [-0.25, -0.2) is 0 Å². The summed E-state index contributed by atoms with van der Waals surface area (Å²) in [5.41, 5.74) is 2.75. The fourth-order valence-electron chi connectivity index (χ4n) is 3.66. The second-order valence-corrected chi connectivity index (χ2v) is 9.12. The van der Waals surface area contributed by atoms with Crippen molar-refractivity contribution in [3.05, 3.63) is 109 Å². The van der Waals surface area contributed by atoms with E-state index in [0.717, 1.165) is 0 Å². The Morgan fingerprint density at radius 1 is 0.704 bits per heavy atom. The van der Waals surface area contributed by atoms with E-state index in [4.69, 9.17) is 0 Å². The van der Waals surface area contributed by atoms with Crippen LogP contribution in [0.5, 0.6) is 0 Å². The van der Waals surface area contributed by atoms with Gasteiger partial charge in [-0.05, 0) is 49.1 Å². The van der Waals surface area contributed by atoms with Crippen molar-refractivity contribution in [2.45, 2.75) is 6.04 Å². The fraction of sp³-hybridized carbons (Fsp3) is 0.120. The summed E-state index contributed by atoms with van der Waals surface area (Å²) in [7, 11) is 3.69. The van der Waals surface area contributed by atoms with E-state index in [1.54, 1.807) is 0 Å². The van der Waals surface area contributed by atoms with Gasteiger partial charge in [0, 0.05) is 0 Å². The van der Waals surface area contributed by atoms with Crippen LogP contribution in [0.1, 0.15) is 5.56 Å². The Hall–Kier alpha value is -2.47. The quantitative estimate of drug-likeness (QED) is 0.605. The highest BCUT2D eigenvalue weighted by Gasteiger charge is 2.25. The van der Waals surface area contributed by atoms with Crippen LogP contribution in [0, 0.1) is 0 Å². The van der Waals surface area contributed by atoms with Crippen molar-refractivity contribution in [1.82, 2.24) is 4.90 Å².